The Hall–Kier alpha value is -0.570. The summed E-state index contributed by atoms with van der Waals surface area (Å²) in [6, 6.07) is 0. The number of hydrogen-bond donors (Lipinski definition) is 0. The predicted molar refractivity (Wildman–Crippen MR) is 42.6 cm³/mol. The summed E-state index contributed by atoms with van der Waals surface area (Å²) in [4.78, 5) is 11.3. The molecule has 0 aromatic rings. The van der Waals surface area contributed by atoms with E-state index >= 15 is 0 Å². The first kappa shape index (κ1) is 8.05. The third kappa shape index (κ3) is 1.22. The SMILES string of the molecule is CCOC(=O)[C@H]1C[C@@H]2CC[C@H]1O2. The molecule has 3 atom stereocenters. The normalized spacial score (nSPS) is 38.6. The fourth-order valence-electron chi connectivity index (χ4n) is 2.14. The molecule has 2 bridgehead atoms. The molecule has 0 aromatic heterocycles. The maximum atomic E-state index is 11.3. The summed E-state index contributed by atoms with van der Waals surface area (Å²) < 4.78 is 10.5. The minimum Gasteiger partial charge on any atom is -0.466 e. The quantitative estimate of drug-likeness (QED) is 0.582. The van der Waals surface area contributed by atoms with Crippen LogP contribution in [0.3, 0.4) is 0 Å². The lowest BCUT2D eigenvalue weighted by Gasteiger charge is -2.16. The molecule has 0 aliphatic carbocycles. The van der Waals surface area contributed by atoms with Gasteiger partial charge in [-0.15, -0.1) is 0 Å². The fourth-order valence-corrected chi connectivity index (χ4v) is 2.14. The Labute approximate surface area is 72.0 Å². The highest BCUT2D eigenvalue weighted by molar-refractivity contribution is 5.73. The molecule has 2 saturated heterocycles. The van der Waals surface area contributed by atoms with Crippen LogP contribution in [0.4, 0.5) is 0 Å². The summed E-state index contributed by atoms with van der Waals surface area (Å²) in [6.45, 7) is 2.32. The van der Waals surface area contributed by atoms with Crippen LogP contribution in [0, 0.1) is 5.92 Å². The van der Waals surface area contributed by atoms with Crippen LogP contribution in [0.5, 0.6) is 0 Å². The lowest BCUT2D eigenvalue weighted by molar-refractivity contribution is -0.149. The number of carbonyl (C=O) groups is 1. The van der Waals surface area contributed by atoms with Crippen molar-refractivity contribution >= 4 is 5.97 Å². The first-order chi connectivity index (χ1) is 5.81. The molecule has 2 heterocycles. The lowest BCUT2D eigenvalue weighted by atomic mass is 9.89. The van der Waals surface area contributed by atoms with Gasteiger partial charge in [-0.25, -0.2) is 0 Å². The highest BCUT2D eigenvalue weighted by Crippen LogP contribution is 2.39. The first-order valence-electron chi connectivity index (χ1n) is 4.63. The second-order valence-electron chi connectivity index (χ2n) is 3.47. The maximum Gasteiger partial charge on any atom is 0.311 e. The number of esters is 1. The minimum absolute atomic E-state index is 0.0312. The molecule has 0 spiro atoms. The maximum absolute atomic E-state index is 11.3. The molecule has 0 N–H and O–H groups in total. The number of ether oxygens (including phenoxy) is 2. The van der Waals surface area contributed by atoms with Gasteiger partial charge in [0, 0.05) is 0 Å². The second kappa shape index (κ2) is 3.05. The zero-order chi connectivity index (χ0) is 8.55. The Bertz CT molecular complexity index is 190. The van der Waals surface area contributed by atoms with Gasteiger partial charge in [0.1, 0.15) is 0 Å². The van der Waals surface area contributed by atoms with E-state index in [0.29, 0.717) is 12.7 Å². The molecule has 0 unspecified atom stereocenters. The average Bonchev–Trinajstić information content (AvgIpc) is 2.64. The molecule has 0 aromatic carbocycles. The van der Waals surface area contributed by atoms with Crippen molar-refractivity contribution < 1.29 is 14.3 Å². The highest BCUT2D eigenvalue weighted by Gasteiger charge is 2.45. The molecule has 2 aliphatic heterocycles. The summed E-state index contributed by atoms with van der Waals surface area (Å²) in [5.74, 6) is -0.0339. The van der Waals surface area contributed by atoms with Gasteiger partial charge in [0.2, 0.25) is 0 Å². The highest BCUT2D eigenvalue weighted by atomic mass is 16.5. The molecule has 2 aliphatic rings. The third-order valence-corrected chi connectivity index (χ3v) is 2.70. The third-order valence-electron chi connectivity index (χ3n) is 2.70. The van der Waals surface area contributed by atoms with Gasteiger partial charge < -0.3 is 9.47 Å². The van der Waals surface area contributed by atoms with Gasteiger partial charge in [-0.2, -0.15) is 0 Å². The minimum atomic E-state index is -0.0651. The molecule has 68 valence electrons. The van der Waals surface area contributed by atoms with E-state index in [1.54, 1.807) is 0 Å². The van der Waals surface area contributed by atoms with Crippen LogP contribution >= 0.6 is 0 Å². The standard InChI is InChI=1S/C9H14O3/c1-2-11-9(10)7-5-6-3-4-8(7)12-6/h6-8H,2-5H2,1H3/t6-,7-,8+/m0/s1. The zero-order valence-corrected chi connectivity index (χ0v) is 7.29. The van der Waals surface area contributed by atoms with E-state index < -0.39 is 0 Å². The van der Waals surface area contributed by atoms with Gasteiger partial charge in [0.15, 0.2) is 0 Å². The fraction of sp³-hybridized carbons (Fsp3) is 0.889. The summed E-state index contributed by atoms with van der Waals surface area (Å²) in [6.07, 6.45) is 3.54. The van der Waals surface area contributed by atoms with Gasteiger partial charge in [0.25, 0.3) is 0 Å². The Morgan fingerprint density at radius 3 is 2.92 bits per heavy atom. The predicted octanol–water partition coefficient (Wildman–Crippen LogP) is 1.12. The molecule has 12 heavy (non-hydrogen) atoms. The molecule has 0 amide bonds. The Morgan fingerprint density at radius 1 is 1.58 bits per heavy atom. The largest absolute Gasteiger partial charge is 0.466 e. The van der Waals surface area contributed by atoms with E-state index in [2.05, 4.69) is 0 Å². The van der Waals surface area contributed by atoms with Gasteiger partial charge >= 0.3 is 5.97 Å². The van der Waals surface area contributed by atoms with Crippen LogP contribution in [0.25, 0.3) is 0 Å². The molecule has 2 rings (SSSR count). The van der Waals surface area contributed by atoms with E-state index in [1.807, 2.05) is 6.92 Å². The van der Waals surface area contributed by atoms with Crippen LogP contribution in [-0.4, -0.2) is 24.8 Å². The van der Waals surface area contributed by atoms with E-state index in [0.717, 1.165) is 19.3 Å². The number of hydrogen-bond acceptors (Lipinski definition) is 3. The van der Waals surface area contributed by atoms with E-state index in [-0.39, 0.29) is 18.0 Å². The van der Waals surface area contributed by atoms with Crippen molar-refractivity contribution in [3.8, 4) is 0 Å². The smallest absolute Gasteiger partial charge is 0.311 e. The summed E-state index contributed by atoms with van der Waals surface area (Å²) in [5.41, 5.74) is 0. The summed E-state index contributed by atoms with van der Waals surface area (Å²) in [5, 5.41) is 0. The average molecular weight is 170 g/mol. The number of carbonyl (C=O) groups excluding carboxylic acids is 1. The van der Waals surface area contributed by atoms with Crippen molar-refractivity contribution in [2.75, 3.05) is 6.61 Å². The molecule has 3 nitrogen and oxygen atoms in total. The number of fused-ring (bicyclic) bond motifs is 2. The van der Waals surface area contributed by atoms with E-state index in [9.17, 15) is 4.79 Å². The van der Waals surface area contributed by atoms with Crippen molar-refractivity contribution in [2.45, 2.75) is 38.4 Å². The van der Waals surface area contributed by atoms with Gasteiger partial charge in [-0.3, -0.25) is 4.79 Å². The molecular weight excluding hydrogens is 156 g/mol. The van der Waals surface area contributed by atoms with Crippen molar-refractivity contribution in [3.05, 3.63) is 0 Å². The molecular formula is C9H14O3. The first-order valence-corrected chi connectivity index (χ1v) is 4.63. The van der Waals surface area contributed by atoms with Gasteiger partial charge in [-0.05, 0) is 26.2 Å². The van der Waals surface area contributed by atoms with Crippen LogP contribution in [0.2, 0.25) is 0 Å². The van der Waals surface area contributed by atoms with E-state index in [4.69, 9.17) is 9.47 Å². The summed E-state index contributed by atoms with van der Waals surface area (Å²) in [7, 11) is 0. The lowest BCUT2D eigenvalue weighted by Crippen LogP contribution is -2.27. The molecule has 0 radical (unpaired) electrons. The Morgan fingerprint density at radius 2 is 2.42 bits per heavy atom. The van der Waals surface area contributed by atoms with Crippen molar-refractivity contribution in [1.82, 2.24) is 0 Å². The topological polar surface area (TPSA) is 35.5 Å². The van der Waals surface area contributed by atoms with Gasteiger partial charge in [-0.1, -0.05) is 0 Å². The summed E-state index contributed by atoms with van der Waals surface area (Å²) >= 11 is 0. The van der Waals surface area contributed by atoms with Crippen molar-refractivity contribution in [3.63, 3.8) is 0 Å². The molecule has 2 fully saturated rings. The number of rotatable bonds is 2. The van der Waals surface area contributed by atoms with Gasteiger partial charge in [0.05, 0.1) is 24.7 Å². The second-order valence-corrected chi connectivity index (χ2v) is 3.47. The molecule has 3 heteroatoms. The van der Waals surface area contributed by atoms with Crippen LogP contribution in [-0.2, 0) is 14.3 Å². The van der Waals surface area contributed by atoms with E-state index in [1.165, 1.54) is 0 Å². The van der Waals surface area contributed by atoms with Crippen LogP contribution in [0.1, 0.15) is 26.2 Å². The van der Waals surface area contributed by atoms with Crippen LogP contribution in [0.15, 0.2) is 0 Å². The Kier molecular flexibility index (Phi) is 2.05. The van der Waals surface area contributed by atoms with Crippen LogP contribution < -0.4 is 0 Å². The molecule has 0 saturated carbocycles. The van der Waals surface area contributed by atoms with Crippen molar-refractivity contribution in [1.29, 1.82) is 0 Å². The monoisotopic (exact) mass is 170 g/mol. The Balaban J connectivity index is 1.93. The zero-order valence-electron chi connectivity index (χ0n) is 7.29. The van der Waals surface area contributed by atoms with Crippen molar-refractivity contribution in [2.24, 2.45) is 5.92 Å².